The van der Waals surface area contributed by atoms with Crippen LogP contribution in [0.5, 0.6) is 0 Å². The Balaban J connectivity index is 0.000000439. The van der Waals surface area contributed by atoms with E-state index in [1.807, 2.05) is 12.1 Å². The van der Waals surface area contributed by atoms with E-state index in [2.05, 4.69) is 105 Å². The van der Waals surface area contributed by atoms with Gasteiger partial charge in [-0.25, -0.2) is 26.8 Å². The molecule has 4 heterocycles. The maximum Gasteiger partial charge on any atom is 0.485 e. The number of aromatic amines is 2. The second-order valence-corrected chi connectivity index (χ2v) is 13.2. The molecule has 6 rings (SSSR count). The Morgan fingerprint density at radius 2 is 0.885 bits per heavy atom. The molecule has 0 unspecified atom stereocenters. The molecule has 282 valence electrons. The Labute approximate surface area is 291 Å². The first-order valence-corrected chi connectivity index (χ1v) is 17.0. The molecule has 0 saturated heterocycles. The molecule has 6 N–H and O–H groups in total. The summed E-state index contributed by atoms with van der Waals surface area (Å²) in [6.07, 6.45) is 10.0. The average Bonchev–Trinajstić information content (AvgIpc) is 3.62. The highest BCUT2D eigenvalue weighted by atomic mass is 32.2. The summed E-state index contributed by atoms with van der Waals surface area (Å²) in [5.41, 5.74) is -4.64. The molecule has 0 atom stereocenters. The maximum absolute atomic E-state index is 10.7. The molecule has 0 bridgehead atoms. The van der Waals surface area contributed by atoms with Crippen LogP contribution in [0.15, 0.2) is 97.6 Å². The average molecular weight is 781 g/mol. The molecular formula is C30H30F6N6O8S2. The van der Waals surface area contributed by atoms with Crippen molar-refractivity contribution in [2.24, 2.45) is 0 Å². The number of benzene rings is 2. The number of nitrogens with one attached hydrogen (secondary N) is 2. The summed E-state index contributed by atoms with van der Waals surface area (Å²) in [7, 11) is -12.2. The van der Waals surface area contributed by atoms with Crippen molar-refractivity contribution in [3.8, 4) is 0 Å². The van der Waals surface area contributed by atoms with Gasteiger partial charge in [-0.3, -0.25) is 0 Å². The monoisotopic (exact) mass is 780 g/mol. The van der Waals surface area contributed by atoms with Gasteiger partial charge in [-0.05, 0) is 0 Å². The lowest BCUT2D eigenvalue weighted by atomic mass is 10.2. The highest BCUT2D eigenvalue weighted by Gasteiger charge is 2.37. The Morgan fingerprint density at radius 3 is 1.17 bits per heavy atom. The number of H-pyrrole nitrogens is 2. The van der Waals surface area contributed by atoms with Crippen molar-refractivity contribution < 1.29 is 72.4 Å². The molecule has 0 saturated carbocycles. The molecule has 0 aliphatic carbocycles. The molecule has 2 aromatic carbocycles. The molecular weight excluding hydrogens is 750 g/mol. The first-order valence-electron chi connectivity index (χ1n) is 14.2. The van der Waals surface area contributed by atoms with Gasteiger partial charge in [-0.1, -0.05) is 60.7 Å². The second kappa shape index (κ2) is 17.5. The molecule has 22 heteroatoms. The zero-order valence-corrected chi connectivity index (χ0v) is 28.0. The van der Waals surface area contributed by atoms with E-state index in [9.17, 15) is 26.3 Å². The number of aryl methyl sites for hydroxylation is 2. The van der Waals surface area contributed by atoms with E-state index in [0.717, 1.165) is 59.6 Å². The first-order chi connectivity index (χ1) is 23.3. The molecule has 0 aliphatic heterocycles. The topological polar surface area (TPSA) is 243 Å². The van der Waals surface area contributed by atoms with Gasteiger partial charge in [0.2, 0.25) is 0 Å². The summed E-state index contributed by atoms with van der Waals surface area (Å²) in [4.78, 5) is 16.5. The molecule has 52 heavy (non-hydrogen) atoms. The van der Waals surface area contributed by atoms with Crippen LogP contribution in [-0.4, -0.2) is 67.8 Å². The summed E-state index contributed by atoms with van der Waals surface area (Å²) in [5, 5.41) is 0. The predicted molar refractivity (Wildman–Crippen MR) is 170 cm³/mol. The van der Waals surface area contributed by atoms with Gasteiger partial charge in [0.05, 0.1) is 0 Å². The number of nitrogens with zero attached hydrogens (tertiary/aromatic N) is 4. The fourth-order valence-electron chi connectivity index (χ4n) is 4.37. The third-order valence-electron chi connectivity index (χ3n) is 6.64. The van der Waals surface area contributed by atoms with E-state index in [0.29, 0.717) is 0 Å². The zero-order chi connectivity index (χ0) is 36.7. The van der Waals surface area contributed by atoms with Crippen molar-refractivity contribution in [2.75, 3.05) is 0 Å². The molecule has 4 aromatic heterocycles. The Kier molecular flexibility index (Phi) is 14.5. The van der Waals surface area contributed by atoms with E-state index in [-0.39, 0.29) is 11.0 Å². The number of fused-ring (bicyclic) bond motifs is 2. The van der Waals surface area contributed by atoms with Gasteiger partial charge >= 0.3 is 11.0 Å². The van der Waals surface area contributed by atoms with Crippen LogP contribution in [0.4, 0.5) is 26.3 Å². The van der Waals surface area contributed by atoms with Crippen molar-refractivity contribution >= 4 is 42.3 Å². The van der Waals surface area contributed by atoms with Crippen LogP contribution in [0.3, 0.4) is 0 Å². The molecule has 14 nitrogen and oxygen atoms in total. The fourth-order valence-corrected chi connectivity index (χ4v) is 4.37. The van der Waals surface area contributed by atoms with E-state index >= 15 is 0 Å². The van der Waals surface area contributed by atoms with Gasteiger partial charge in [0, 0.05) is 36.1 Å². The number of hydrogen-bond donors (Lipinski definition) is 2. The zero-order valence-electron chi connectivity index (χ0n) is 26.4. The second-order valence-electron chi connectivity index (χ2n) is 10.5. The molecule has 0 amide bonds. The first kappa shape index (κ1) is 43.2. The van der Waals surface area contributed by atoms with Gasteiger partial charge < -0.3 is 30.0 Å². The van der Waals surface area contributed by atoms with Gasteiger partial charge in [0.25, 0.3) is 0 Å². The van der Waals surface area contributed by atoms with Crippen molar-refractivity contribution in [3.63, 3.8) is 0 Å². The normalized spacial score (nSPS) is 11.8. The number of hydrogen-bond acceptors (Lipinski definition) is 8. The summed E-state index contributed by atoms with van der Waals surface area (Å²) >= 11 is 0. The summed E-state index contributed by atoms with van der Waals surface area (Å²) < 4.78 is 122. The van der Waals surface area contributed by atoms with Crippen LogP contribution in [0.1, 0.15) is 22.8 Å². The SMILES string of the molecule is O.O.O=S(=O)([O-])C(F)(F)F.O=S(=O)([O-])C(F)(F)F.c1ccc(C[n+]2ccc3nc(CCc4nc5cc[n+](Cc6ccccc6)cc5[nH]4)[nH]c3c2)cc1. The summed E-state index contributed by atoms with van der Waals surface area (Å²) in [6, 6.07) is 25.1. The highest BCUT2D eigenvalue weighted by Crippen LogP contribution is 2.21. The third-order valence-corrected chi connectivity index (χ3v) is 7.77. The van der Waals surface area contributed by atoms with Crippen molar-refractivity contribution in [2.45, 2.75) is 36.9 Å². The van der Waals surface area contributed by atoms with Gasteiger partial charge in [-0.2, -0.15) is 35.5 Å². The highest BCUT2D eigenvalue weighted by molar-refractivity contribution is 7.86. The number of pyridine rings is 2. The molecule has 0 radical (unpaired) electrons. The fraction of sp³-hybridized carbons (Fsp3) is 0.200. The Morgan fingerprint density at radius 1 is 0.577 bits per heavy atom. The smallest absolute Gasteiger partial charge is 0.485 e. The Hall–Kier alpha value is -5.00. The van der Waals surface area contributed by atoms with Gasteiger partial charge in [0.15, 0.2) is 58.1 Å². The van der Waals surface area contributed by atoms with Crippen LogP contribution in [0.25, 0.3) is 22.1 Å². The largest absolute Gasteiger partial charge is 0.741 e. The number of halogens is 6. The number of imidazole rings is 2. The lowest BCUT2D eigenvalue weighted by Crippen LogP contribution is -2.33. The van der Waals surface area contributed by atoms with Gasteiger partial charge in [0.1, 0.15) is 33.7 Å². The van der Waals surface area contributed by atoms with Crippen molar-refractivity contribution in [1.29, 1.82) is 0 Å². The minimum Gasteiger partial charge on any atom is -0.741 e. The van der Waals surface area contributed by atoms with Crippen molar-refractivity contribution in [3.05, 3.63) is 120 Å². The molecule has 6 aromatic rings. The predicted octanol–water partition coefficient (Wildman–Crippen LogP) is 2.35. The standard InChI is InChI=1S/C28H24N6.2CHF3O3S.2H2O/c1-3-7-21(8-4-1)17-33-15-13-23-25(19-33)31-27(29-23)11-12-28-30-24-14-16-34(20-26(24)32-28)18-22-9-5-2-6-10-22;2*2-1(3,4)8(5,6)7;;/h1-10,13-16,19-20H,11-12,17-18H2;2*(H,5,6,7);2*1H2. The number of aromatic nitrogens is 6. The third kappa shape index (κ3) is 12.3. The lowest BCUT2D eigenvalue weighted by Gasteiger charge is -2.08. The van der Waals surface area contributed by atoms with Crippen LogP contribution < -0.4 is 9.13 Å². The molecule has 0 fully saturated rings. The lowest BCUT2D eigenvalue weighted by molar-refractivity contribution is -0.687. The minimum atomic E-state index is -6.09. The molecule has 0 aliphatic rings. The van der Waals surface area contributed by atoms with Crippen molar-refractivity contribution in [1.82, 2.24) is 19.9 Å². The van der Waals surface area contributed by atoms with Crippen LogP contribution in [-0.2, 0) is 46.2 Å². The van der Waals surface area contributed by atoms with E-state index in [1.54, 1.807) is 0 Å². The van der Waals surface area contributed by atoms with Crippen LogP contribution in [0, 0.1) is 0 Å². The number of rotatable bonds is 7. The molecule has 0 spiro atoms. The van der Waals surface area contributed by atoms with E-state index in [4.69, 9.17) is 35.9 Å². The van der Waals surface area contributed by atoms with E-state index in [1.165, 1.54) is 11.1 Å². The minimum absolute atomic E-state index is 0. The van der Waals surface area contributed by atoms with Crippen LogP contribution >= 0.6 is 0 Å². The Bertz CT molecular complexity index is 2110. The van der Waals surface area contributed by atoms with Crippen LogP contribution in [0.2, 0.25) is 0 Å². The summed E-state index contributed by atoms with van der Waals surface area (Å²) in [5.74, 6) is 1.96. The van der Waals surface area contributed by atoms with Gasteiger partial charge in [-0.15, -0.1) is 0 Å². The van der Waals surface area contributed by atoms with E-state index < -0.39 is 31.3 Å². The summed E-state index contributed by atoms with van der Waals surface area (Å²) in [6.45, 7) is 1.68. The quantitative estimate of drug-likeness (QED) is 0.105. The maximum atomic E-state index is 10.7. The number of alkyl halides is 6.